The molecule has 0 saturated heterocycles. The Labute approximate surface area is 99.3 Å². The summed E-state index contributed by atoms with van der Waals surface area (Å²) in [7, 11) is 0. The van der Waals surface area contributed by atoms with E-state index in [1.807, 2.05) is 0 Å². The van der Waals surface area contributed by atoms with Gasteiger partial charge in [-0.3, -0.25) is 4.79 Å². The summed E-state index contributed by atoms with van der Waals surface area (Å²) in [6.07, 6.45) is 7.94. The van der Waals surface area contributed by atoms with Crippen LogP contribution in [0.3, 0.4) is 0 Å². The number of carbonyl (C=O) groups excluding carboxylic acids is 1. The van der Waals surface area contributed by atoms with Crippen LogP contribution in [-0.4, -0.2) is 5.78 Å². The van der Waals surface area contributed by atoms with Crippen LogP contribution in [0.25, 0.3) is 0 Å². The first-order chi connectivity index (χ1) is 7.38. The average molecular weight is 220 g/mol. The van der Waals surface area contributed by atoms with Gasteiger partial charge in [0.25, 0.3) is 0 Å². The third-order valence-corrected chi connectivity index (χ3v) is 4.86. The molecule has 0 aromatic rings. The van der Waals surface area contributed by atoms with Crippen molar-refractivity contribution in [2.75, 3.05) is 0 Å². The molecule has 16 heavy (non-hydrogen) atoms. The number of rotatable bonds is 0. The minimum absolute atomic E-state index is 0.0265. The first-order valence-electron chi connectivity index (χ1n) is 6.61. The van der Waals surface area contributed by atoms with Gasteiger partial charge in [-0.05, 0) is 38.5 Å². The van der Waals surface area contributed by atoms with Crippen molar-refractivity contribution in [3.05, 3.63) is 11.6 Å². The highest BCUT2D eigenvalue weighted by atomic mass is 16.1. The van der Waals surface area contributed by atoms with Crippen LogP contribution < -0.4 is 0 Å². The van der Waals surface area contributed by atoms with Crippen molar-refractivity contribution in [2.24, 2.45) is 16.7 Å². The fraction of sp³-hybridized carbons (Fsp3) is 0.800. The van der Waals surface area contributed by atoms with Gasteiger partial charge in [-0.1, -0.05) is 38.8 Å². The predicted octanol–water partition coefficient (Wildman–Crippen LogP) is 4.13. The smallest absolute Gasteiger partial charge is 0.145 e. The van der Waals surface area contributed by atoms with E-state index in [-0.39, 0.29) is 10.8 Å². The fourth-order valence-corrected chi connectivity index (χ4v) is 3.74. The molecule has 90 valence electrons. The molecule has 1 heteroatoms. The van der Waals surface area contributed by atoms with Gasteiger partial charge in [-0.2, -0.15) is 0 Å². The first kappa shape index (κ1) is 11.9. The quantitative estimate of drug-likeness (QED) is 0.561. The summed E-state index contributed by atoms with van der Waals surface area (Å²) >= 11 is 0. The molecule has 0 aliphatic heterocycles. The lowest BCUT2D eigenvalue weighted by Gasteiger charge is -2.48. The van der Waals surface area contributed by atoms with Gasteiger partial charge in [0.15, 0.2) is 0 Å². The van der Waals surface area contributed by atoms with E-state index in [4.69, 9.17) is 0 Å². The summed E-state index contributed by atoms with van der Waals surface area (Å²) < 4.78 is 0. The molecular formula is C15H24O. The number of hydrogen-bond acceptors (Lipinski definition) is 1. The molecule has 0 heterocycles. The molecule has 2 atom stereocenters. The van der Waals surface area contributed by atoms with Gasteiger partial charge >= 0.3 is 0 Å². The SMILES string of the molecule is CC1=C[C@@H](C)[C@@]2(CCCC(C)(C)C2=O)CC1. The molecule has 2 rings (SSSR count). The number of Topliss-reactive ketones (excluding diaryl/α,β-unsaturated/α-hetero) is 1. The highest BCUT2D eigenvalue weighted by Gasteiger charge is 2.51. The van der Waals surface area contributed by atoms with Crippen LogP contribution >= 0.6 is 0 Å². The van der Waals surface area contributed by atoms with Crippen LogP contribution in [0.4, 0.5) is 0 Å². The first-order valence-corrected chi connectivity index (χ1v) is 6.61. The minimum Gasteiger partial charge on any atom is -0.298 e. The Bertz CT molecular complexity index is 337. The standard InChI is InChI=1S/C15H24O/c1-11-6-9-15(12(2)10-11)8-5-7-14(3,4)13(15)16/h10,12H,5-9H2,1-4H3/t12-,15-/m1/s1. The second-order valence-corrected chi connectivity index (χ2v) is 6.52. The Morgan fingerprint density at radius 3 is 2.56 bits per heavy atom. The van der Waals surface area contributed by atoms with E-state index >= 15 is 0 Å². The molecule has 0 radical (unpaired) electrons. The van der Waals surface area contributed by atoms with E-state index in [2.05, 4.69) is 33.8 Å². The maximum atomic E-state index is 12.7. The van der Waals surface area contributed by atoms with Crippen LogP contribution in [0.2, 0.25) is 0 Å². The van der Waals surface area contributed by atoms with Crippen molar-refractivity contribution in [3.8, 4) is 0 Å². The highest BCUT2D eigenvalue weighted by Crippen LogP contribution is 2.52. The Balaban J connectivity index is 2.35. The van der Waals surface area contributed by atoms with Crippen LogP contribution in [0.15, 0.2) is 11.6 Å². The summed E-state index contributed by atoms with van der Waals surface area (Å²) in [4.78, 5) is 12.7. The lowest BCUT2D eigenvalue weighted by molar-refractivity contribution is -0.145. The summed E-state index contributed by atoms with van der Waals surface area (Å²) in [5.74, 6) is 0.968. The second-order valence-electron chi connectivity index (χ2n) is 6.52. The highest BCUT2D eigenvalue weighted by molar-refractivity contribution is 5.91. The topological polar surface area (TPSA) is 17.1 Å². The molecule has 1 fully saturated rings. The van der Waals surface area contributed by atoms with E-state index in [1.165, 1.54) is 12.0 Å². The molecule has 0 bridgehead atoms. The number of ketones is 1. The molecule has 1 nitrogen and oxygen atoms in total. The monoisotopic (exact) mass is 220 g/mol. The number of carbonyl (C=O) groups is 1. The van der Waals surface area contributed by atoms with Crippen molar-refractivity contribution < 1.29 is 4.79 Å². The van der Waals surface area contributed by atoms with Crippen LogP contribution in [0.1, 0.15) is 59.8 Å². The third kappa shape index (κ3) is 1.65. The van der Waals surface area contributed by atoms with Gasteiger partial charge in [-0.15, -0.1) is 0 Å². The lowest BCUT2D eigenvalue weighted by atomic mass is 9.54. The van der Waals surface area contributed by atoms with Gasteiger partial charge in [0.1, 0.15) is 5.78 Å². The van der Waals surface area contributed by atoms with E-state index < -0.39 is 0 Å². The Morgan fingerprint density at radius 1 is 1.25 bits per heavy atom. The van der Waals surface area contributed by atoms with Crippen LogP contribution in [-0.2, 0) is 4.79 Å². The van der Waals surface area contributed by atoms with Crippen molar-refractivity contribution in [3.63, 3.8) is 0 Å². The van der Waals surface area contributed by atoms with Gasteiger partial charge < -0.3 is 0 Å². The van der Waals surface area contributed by atoms with Crippen molar-refractivity contribution in [2.45, 2.75) is 59.8 Å². The fourth-order valence-electron chi connectivity index (χ4n) is 3.74. The van der Waals surface area contributed by atoms with Gasteiger partial charge in [0, 0.05) is 10.8 Å². The molecule has 0 aromatic heterocycles. The van der Waals surface area contributed by atoms with Crippen LogP contribution in [0, 0.1) is 16.7 Å². The maximum Gasteiger partial charge on any atom is 0.145 e. The zero-order valence-corrected chi connectivity index (χ0v) is 11.1. The second kappa shape index (κ2) is 3.72. The molecule has 2 aliphatic carbocycles. The molecule has 0 N–H and O–H groups in total. The minimum atomic E-state index is -0.0917. The van der Waals surface area contributed by atoms with Crippen LogP contribution in [0.5, 0.6) is 0 Å². The van der Waals surface area contributed by atoms with Gasteiger partial charge in [0.05, 0.1) is 0 Å². The van der Waals surface area contributed by atoms with E-state index in [0.717, 1.165) is 25.7 Å². The van der Waals surface area contributed by atoms with E-state index in [9.17, 15) is 4.79 Å². The van der Waals surface area contributed by atoms with Crippen molar-refractivity contribution in [1.82, 2.24) is 0 Å². The summed E-state index contributed by atoms with van der Waals surface area (Å²) in [6.45, 7) is 8.70. The number of hydrogen-bond donors (Lipinski definition) is 0. The Morgan fingerprint density at radius 2 is 1.94 bits per heavy atom. The summed E-state index contributed by atoms with van der Waals surface area (Å²) in [6, 6.07) is 0. The van der Waals surface area contributed by atoms with Crippen molar-refractivity contribution >= 4 is 5.78 Å². The molecule has 0 amide bonds. The maximum absolute atomic E-state index is 12.7. The van der Waals surface area contributed by atoms with E-state index in [1.54, 1.807) is 0 Å². The van der Waals surface area contributed by atoms with E-state index in [0.29, 0.717) is 11.7 Å². The Kier molecular flexibility index (Phi) is 2.76. The molecule has 1 spiro atoms. The molecule has 1 saturated carbocycles. The average Bonchev–Trinajstić information content (AvgIpc) is 2.19. The molecule has 0 unspecified atom stereocenters. The summed E-state index contributed by atoms with van der Waals surface area (Å²) in [5.41, 5.74) is 1.35. The zero-order chi connectivity index (χ0) is 12.0. The normalized spacial score (nSPS) is 38.6. The van der Waals surface area contributed by atoms with Gasteiger partial charge in [0.2, 0.25) is 0 Å². The number of allylic oxidation sites excluding steroid dienone is 2. The largest absolute Gasteiger partial charge is 0.298 e. The van der Waals surface area contributed by atoms with Crippen molar-refractivity contribution in [1.29, 1.82) is 0 Å². The van der Waals surface area contributed by atoms with Gasteiger partial charge in [-0.25, -0.2) is 0 Å². The zero-order valence-electron chi connectivity index (χ0n) is 11.1. The molecule has 0 aromatic carbocycles. The predicted molar refractivity (Wildman–Crippen MR) is 67.2 cm³/mol. The lowest BCUT2D eigenvalue weighted by Crippen LogP contribution is -2.48. The molecular weight excluding hydrogens is 196 g/mol. The molecule has 2 aliphatic rings. The summed E-state index contributed by atoms with van der Waals surface area (Å²) in [5, 5.41) is 0. The Hall–Kier alpha value is -0.590. The third-order valence-electron chi connectivity index (χ3n) is 4.86.